The first kappa shape index (κ1) is 25.9. The summed E-state index contributed by atoms with van der Waals surface area (Å²) >= 11 is 1.62. The van der Waals surface area contributed by atoms with E-state index >= 15 is 0 Å². The van der Waals surface area contributed by atoms with Crippen LogP contribution in [-0.4, -0.2) is 48.4 Å². The molecule has 0 spiro atoms. The maximum Gasteiger partial charge on any atom is 0.254 e. The van der Waals surface area contributed by atoms with Crippen LogP contribution in [0.25, 0.3) is 0 Å². The number of likely N-dealkylation sites (tertiary alicyclic amines) is 1. The van der Waals surface area contributed by atoms with E-state index in [1.807, 2.05) is 35.4 Å². The molecular weight excluding hydrogens is 472 g/mol. The molecule has 1 aliphatic rings. The molecule has 8 heteroatoms. The van der Waals surface area contributed by atoms with Crippen molar-refractivity contribution >= 4 is 23.2 Å². The van der Waals surface area contributed by atoms with Gasteiger partial charge in [-0.05, 0) is 75.0 Å². The van der Waals surface area contributed by atoms with Gasteiger partial charge in [0.25, 0.3) is 11.8 Å². The van der Waals surface area contributed by atoms with Gasteiger partial charge in [-0.1, -0.05) is 18.2 Å². The predicted octanol–water partition coefficient (Wildman–Crippen LogP) is 4.74. The van der Waals surface area contributed by atoms with Crippen LogP contribution >= 0.6 is 11.3 Å². The third-order valence-electron chi connectivity index (χ3n) is 6.34. The second-order valence-electron chi connectivity index (χ2n) is 9.06. The number of carbonyl (C=O) groups excluding carboxylic acids is 2. The number of carbonyl (C=O) groups is 2. The monoisotopic (exact) mass is 506 g/mol. The second-order valence-corrected chi connectivity index (χ2v) is 9.95. The standard InChI is InChI=1S/C28H34N4O3S/c1-20-19-36-27(31-20)25-12-3-4-15-32(25)28(34)23-10-6-9-22(17-23)26(33)30-14-7-13-29-18-21-8-5-11-24(16-21)35-2/h5-6,8-11,16-17,19,25,29H,3-4,7,12-15,18H2,1-2H3,(H,30,33)/t25-/m1/s1. The molecule has 36 heavy (non-hydrogen) atoms. The molecular formula is C28H34N4O3S. The van der Waals surface area contributed by atoms with Gasteiger partial charge in [0.1, 0.15) is 10.8 Å². The van der Waals surface area contributed by atoms with E-state index in [1.165, 1.54) is 0 Å². The number of aryl methyl sites for hydroxylation is 1. The van der Waals surface area contributed by atoms with Gasteiger partial charge >= 0.3 is 0 Å². The van der Waals surface area contributed by atoms with Crippen molar-refractivity contribution in [2.45, 2.75) is 45.2 Å². The van der Waals surface area contributed by atoms with Crippen molar-refractivity contribution in [3.8, 4) is 5.75 Å². The summed E-state index contributed by atoms with van der Waals surface area (Å²) in [4.78, 5) is 32.7. The van der Waals surface area contributed by atoms with E-state index in [0.29, 0.717) is 24.2 Å². The lowest BCUT2D eigenvalue weighted by molar-refractivity contribution is 0.0611. The highest BCUT2D eigenvalue weighted by Crippen LogP contribution is 2.33. The second kappa shape index (κ2) is 12.6. The summed E-state index contributed by atoms with van der Waals surface area (Å²) in [5.74, 6) is 0.642. The molecule has 0 radical (unpaired) electrons. The number of amides is 2. The molecule has 2 N–H and O–H groups in total. The number of benzene rings is 2. The Labute approximate surface area is 216 Å². The highest BCUT2D eigenvalue weighted by atomic mass is 32.1. The molecule has 1 aliphatic heterocycles. The average molecular weight is 507 g/mol. The number of hydrogen-bond donors (Lipinski definition) is 2. The predicted molar refractivity (Wildman–Crippen MR) is 143 cm³/mol. The van der Waals surface area contributed by atoms with Gasteiger partial charge < -0.3 is 20.3 Å². The Morgan fingerprint density at radius 1 is 1.11 bits per heavy atom. The quantitative estimate of drug-likeness (QED) is 0.388. The number of methoxy groups -OCH3 is 1. The molecule has 4 rings (SSSR count). The molecule has 1 fully saturated rings. The topological polar surface area (TPSA) is 83.6 Å². The van der Waals surface area contributed by atoms with Crippen LogP contribution in [0.3, 0.4) is 0 Å². The van der Waals surface area contributed by atoms with Crippen molar-refractivity contribution in [1.29, 1.82) is 0 Å². The number of nitrogens with one attached hydrogen (secondary N) is 2. The summed E-state index contributed by atoms with van der Waals surface area (Å²) in [6.07, 6.45) is 3.80. The van der Waals surface area contributed by atoms with Gasteiger partial charge in [-0.3, -0.25) is 9.59 Å². The molecule has 2 heterocycles. The van der Waals surface area contributed by atoms with Crippen LogP contribution in [0.1, 0.15) is 68.7 Å². The summed E-state index contributed by atoms with van der Waals surface area (Å²) in [6, 6.07) is 15.0. The molecule has 0 unspecified atom stereocenters. The van der Waals surface area contributed by atoms with Crippen LogP contribution in [0.5, 0.6) is 5.75 Å². The Hall–Kier alpha value is -3.23. The van der Waals surface area contributed by atoms with Crippen LogP contribution in [0.15, 0.2) is 53.9 Å². The molecule has 1 saturated heterocycles. The fourth-order valence-corrected chi connectivity index (χ4v) is 5.39. The van der Waals surface area contributed by atoms with Gasteiger partial charge in [0.15, 0.2) is 0 Å². The summed E-state index contributed by atoms with van der Waals surface area (Å²) in [6.45, 7) is 4.77. The van der Waals surface area contributed by atoms with E-state index in [0.717, 1.165) is 60.8 Å². The molecule has 7 nitrogen and oxygen atoms in total. The summed E-state index contributed by atoms with van der Waals surface area (Å²) in [7, 11) is 1.66. The average Bonchev–Trinajstić information content (AvgIpc) is 3.36. The number of hydrogen-bond acceptors (Lipinski definition) is 6. The summed E-state index contributed by atoms with van der Waals surface area (Å²) < 4.78 is 5.25. The first-order valence-electron chi connectivity index (χ1n) is 12.5. The van der Waals surface area contributed by atoms with E-state index in [9.17, 15) is 9.59 Å². The van der Waals surface area contributed by atoms with Crippen LogP contribution in [0, 0.1) is 6.92 Å². The lowest BCUT2D eigenvalue weighted by Gasteiger charge is -2.34. The maximum atomic E-state index is 13.4. The number of ether oxygens (including phenoxy) is 1. The molecule has 0 bridgehead atoms. The first-order valence-corrected chi connectivity index (χ1v) is 13.4. The highest BCUT2D eigenvalue weighted by molar-refractivity contribution is 7.09. The number of thiazole rings is 1. The molecule has 0 aliphatic carbocycles. The normalized spacial score (nSPS) is 15.5. The van der Waals surface area contributed by atoms with Crippen molar-refractivity contribution in [3.05, 3.63) is 81.3 Å². The van der Waals surface area contributed by atoms with E-state index < -0.39 is 0 Å². The van der Waals surface area contributed by atoms with Crippen LogP contribution in [-0.2, 0) is 6.54 Å². The minimum atomic E-state index is -0.164. The molecule has 190 valence electrons. The Kier molecular flexibility index (Phi) is 9.08. The largest absolute Gasteiger partial charge is 0.497 e. The van der Waals surface area contributed by atoms with E-state index in [-0.39, 0.29) is 17.9 Å². The van der Waals surface area contributed by atoms with Gasteiger partial charge in [0.05, 0.1) is 13.2 Å². The molecule has 2 aromatic carbocycles. The SMILES string of the molecule is COc1cccc(CNCCCNC(=O)c2cccc(C(=O)N3CCCC[C@@H]3c3nc(C)cs3)c2)c1. The van der Waals surface area contributed by atoms with Crippen LogP contribution in [0.4, 0.5) is 0 Å². The van der Waals surface area contributed by atoms with Crippen molar-refractivity contribution in [2.75, 3.05) is 26.7 Å². The first-order chi connectivity index (χ1) is 17.5. The lowest BCUT2D eigenvalue weighted by Crippen LogP contribution is -2.38. The lowest BCUT2D eigenvalue weighted by atomic mass is 10.0. The molecule has 3 aromatic rings. The number of aromatic nitrogens is 1. The molecule has 2 amide bonds. The Bertz CT molecular complexity index is 1180. The molecule has 1 atom stereocenters. The highest BCUT2D eigenvalue weighted by Gasteiger charge is 2.30. The molecule has 1 aromatic heterocycles. The fourth-order valence-electron chi connectivity index (χ4n) is 4.45. The van der Waals surface area contributed by atoms with Gasteiger partial charge in [0.2, 0.25) is 0 Å². The number of rotatable bonds is 10. The zero-order chi connectivity index (χ0) is 25.3. The van der Waals surface area contributed by atoms with E-state index in [4.69, 9.17) is 4.74 Å². The van der Waals surface area contributed by atoms with Gasteiger partial charge in [0, 0.05) is 41.8 Å². The molecule has 0 saturated carbocycles. The minimum absolute atomic E-state index is 0.00639. The minimum Gasteiger partial charge on any atom is -0.497 e. The van der Waals surface area contributed by atoms with Crippen molar-refractivity contribution in [3.63, 3.8) is 0 Å². The number of nitrogens with zero attached hydrogens (tertiary/aromatic N) is 2. The van der Waals surface area contributed by atoms with Crippen molar-refractivity contribution in [2.24, 2.45) is 0 Å². The van der Waals surface area contributed by atoms with Gasteiger partial charge in [-0.2, -0.15) is 0 Å². The summed E-state index contributed by atoms with van der Waals surface area (Å²) in [5, 5.41) is 9.38. The fraction of sp³-hybridized carbons (Fsp3) is 0.393. The van der Waals surface area contributed by atoms with Gasteiger partial charge in [-0.15, -0.1) is 11.3 Å². The Morgan fingerprint density at radius 3 is 2.75 bits per heavy atom. The summed E-state index contributed by atoms with van der Waals surface area (Å²) in [5.41, 5.74) is 3.19. The zero-order valence-electron chi connectivity index (χ0n) is 21.0. The maximum absolute atomic E-state index is 13.4. The van der Waals surface area contributed by atoms with Crippen molar-refractivity contribution in [1.82, 2.24) is 20.5 Å². The smallest absolute Gasteiger partial charge is 0.254 e. The third-order valence-corrected chi connectivity index (χ3v) is 7.40. The van der Waals surface area contributed by atoms with E-state index in [2.05, 4.69) is 21.7 Å². The van der Waals surface area contributed by atoms with Crippen LogP contribution < -0.4 is 15.4 Å². The number of piperidine rings is 1. The van der Waals surface area contributed by atoms with Gasteiger partial charge in [-0.25, -0.2) is 4.98 Å². The van der Waals surface area contributed by atoms with E-state index in [1.54, 1.807) is 42.7 Å². The van der Waals surface area contributed by atoms with Crippen molar-refractivity contribution < 1.29 is 14.3 Å². The Balaban J connectivity index is 1.27. The zero-order valence-corrected chi connectivity index (χ0v) is 21.8. The van der Waals surface area contributed by atoms with Crippen LogP contribution in [0.2, 0.25) is 0 Å². The Morgan fingerprint density at radius 2 is 1.94 bits per heavy atom. The third kappa shape index (κ3) is 6.71.